The van der Waals surface area contributed by atoms with Crippen LogP contribution in [0.5, 0.6) is 0 Å². The number of sulfonamides is 2. The maximum absolute atomic E-state index is 13.1. The molecule has 3 rings (SSSR count). The van der Waals surface area contributed by atoms with Crippen molar-refractivity contribution in [3.8, 4) is 0 Å². The molecular formula is C21H26FN3O5S2. The molecule has 0 saturated carbocycles. The third-order valence-electron chi connectivity index (χ3n) is 5.25. The van der Waals surface area contributed by atoms with Gasteiger partial charge in [0.05, 0.1) is 15.7 Å². The van der Waals surface area contributed by atoms with Gasteiger partial charge in [-0.3, -0.25) is 4.79 Å². The van der Waals surface area contributed by atoms with Crippen molar-refractivity contribution < 1.29 is 26.0 Å². The van der Waals surface area contributed by atoms with E-state index in [1.54, 1.807) is 12.1 Å². The van der Waals surface area contributed by atoms with Gasteiger partial charge in [0.25, 0.3) is 0 Å². The van der Waals surface area contributed by atoms with E-state index in [9.17, 15) is 26.0 Å². The average Bonchev–Trinajstić information content (AvgIpc) is 2.77. The Bertz CT molecular complexity index is 1150. The van der Waals surface area contributed by atoms with Crippen molar-refractivity contribution in [1.29, 1.82) is 0 Å². The van der Waals surface area contributed by atoms with E-state index >= 15 is 0 Å². The van der Waals surface area contributed by atoms with Crippen molar-refractivity contribution in [2.24, 2.45) is 5.92 Å². The fraction of sp³-hybridized carbons (Fsp3) is 0.381. The van der Waals surface area contributed by atoms with E-state index < -0.39 is 31.8 Å². The number of hydrogen-bond acceptors (Lipinski definition) is 5. The summed E-state index contributed by atoms with van der Waals surface area (Å²) in [7, 11) is -7.51. The van der Waals surface area contributed by atoms with Crippen molar-refractivity contribution in [2.45, 2.75) is 29.6 Å². The molecule has 1 heterocycles. The number of carbonyl (C=O) groups excluding carboxylic acids is 1. The predicted octanol–water partition coefficient (Wildman–Crippen LogP) is 1.63. The molecule has 0 unspecified atom stereocenters. The number of halogens is 1. The van der Waals surface area contributed by atoms with Gasteiger partial charge in [-0.2, -0.15) is 4.31 Å². The zero-order chi connectivity index (χ0) is 23.4. The minimum atomic E-state index is -3.83. The summed E-state index contributed by atoms with van der Waals surface area (Å²) in [6.45, 7) is 2.23. The van der Waals surface area contributed by atoms with Gasteiger partial charge in [-0.15, -0.1) is 0 Å². The van der Waals surface area contributed by atoms with E-state index in [-0.39, 0.29) is 41.9 Å². The Labute approximate surface area is 187 Å². The summed E-state index contributed by atoms with van der Waals surface area (Å²) in [5.41, 5.74) is 0.944. The largest absolute Gasteiger partial charge is 0.355 e. The number of nitrogens with one attached hydrogen (secondary N) is 2. The molecule has 2 aromatic carbocycles. The first-order chi connectivity index (χ1) is 15.1. The van der Waals surface area contributed by atoms with E-state index in [0.717, 1.165) is 17.7 Å². The topological polar surface area (TPSA) is 113 Å². The fourth-order valence-electron chi connectivity index (χ4n) is 3.45. The summed E-state index contributed by atoms with van der Waals surface area (Å²) >= 11 is 0. The summed E-state index contributed by atoms with van der Waals surface area (Å²) in [5.74, 6) is -1.41. The van der Waals surface area contributed by atoms with Crippen LogP contribution in [0.2, 0.25) is 0 Å². The molecule has 0 aliphatic carbocycles. The van der Waals surface area contributed by atoms with E-state index in [4.69, 9.17) is 0 Å². The molecule has 8 nitrogen and oxygen atoms in total. The first-order valence-corrected chi connectivity index (χ1v) is 13.1. The van der Waals surface area contributed by atoms with Gasteiger partial charge in [-0.25, -0.2) is 25.9 Å². The molecule has 1 fully saturated rings. The molecule has 2 aromatic rings. The molecule has 0 aromatic heterocycles. The second-order valence-electron chi connectivity index (χ2n) is 7.66. The van der Waals surface area contributed by atoms with Crippen LogP contribution in [0, 0.1) is 18.7 Å². The fourth-order valence-corrected chi connectivity index (χ4v) is 6.00. The van der Waals surface area contributed by atoms with Crippen LogP contribution >= 0.6 is 0 Å². The maximum atomic E-state index is 13.1. The number of nitrogens with zero attached hydrogens (tertiary/aromatic N) is 1. The van der Waals surface area contributed by atoms with Crippen LogP contribution in [0.25, 0.3) is 0 Å². The molecule has 174 valence electrons. The van der Waals surface area contributed by atoms with Gasteiger partial charge in [-0.1, -0.05) is 17.7 Å². The van der Waals surface area contributed by atoms with Gasteiger partial charge in [-0.05, 0) is 56.2 Å². The molecule has 0 spiro atoms. The molecule has 1 atom stereocenters. The summed E-state index contributed by atoms with van der Waals surface area (Å²) in [6.07, 6.45) is 1.04. The van der Waals surface area contributed by atoms with Crippen LogP contribution in [-0.4, -0.2) is 53.2 Å². The Morgan fingerprint density at radius 1 is 1.00 bits per heavy atom. The lowest BCUT2D eigenvalue weighted by atomic mass is 9.99. The highest BCUT2D eigenvalue weighted by Crippen LogP contribution is 2.24. The van der Waals surface area contributed by atoms with Crippen LogP contribution in [0.15, 0.2) is 58.3 Å². The van der Waals surface area contributed by atoms with Crippen molar-refractivity contribution in [1.82, 2.24) is 14.3 Å². The summed E-state index contributed by atoms with van der Waals surface area (Å²) < 4.78 is 66.9. The summed E-state index contributed by atoms with van der Waals surface area (Å²) in [4.78, 5) is 12.6. The lowest BCUT2D eigenvalue weighted by Gasteiger charge is -2.31. The molecule has 2 N–H and O–H groups in total. The Kier molecular flexibility index (Phi) is 7.65. The zero-order valence-electron chi connectivity index (χ0n) is 17.6. The first kappa shape index (κ1) is 24.3. The normalized spacial score (nSPS) is 17.8. The van der Waals surface area contributed by atoms with Crippen molar-refractivity contribution in [3.05, 3.63) is 59.9 Å². The molecule has 0 radical (unpaired) electrons. The molecule has 0 bridgehead atoms. The number of benzene rings is 2. The Hall–Kier alpha value is -2.34. The van der Waals surface area contributed by atoms with Gasteiger partial charge in [0, 0.05) is 26.2 Å². The smallest absolute Gasteiger partial charge is 0.243 e. The highest BCUT2D eigenvalue weighted by Gasteiger charge is 2.33. The maximum Gasteiger partial charge on any atom is 0.243 e. The Morgan fingerprint density at radius 2 is 1.62 bits per heavy atom. The second-order valence-corrected chi connectivity index (χ2v) is 11.4. The average molecular weight is 484 g/mol. The number of aryl methyl sites for hydroxylation is 1. The van der Waals surface area contributed by atoms with Crippen LogP contribution in [-0.2, 0) is 24.8 Å². The standard InChI is InChI=1S/C21H26FN3O5S2/c1-16-4-8-19(9-5-16)31(27,28)24-13-12-23-21(26)17-3-2-14-25(15-17)32(29,30)20-10-6-18(22)7-11-20/h4-11,17,24H,2-3,12-15H2,1H3,(H,23,26)/t17-/m1/s1. The SMILES string of the molecule is Cc1ccc(S(=O)(=O)NCCNC(=O)[C@@H]2CCCN(S(=O)(=O)c3ccc(F)cc3)C2)cc1. The Morgan fingerprint density at radius 3 is 2.28 bits per heavy atom. The predicted molar refractivity (Wildman–Crippen MR) is 117 cm³/mol. The molecule has 32 heavy (non-hydrogen) atoms. The highest BCUT2D eigenvalue weighted by atomic mass is 32.2. The molecule has 1 amide bonds. The van der Waals surface area contributed by atoms with Gasteiger partial charge in [0.15, 0.2) is 0 Å². The van der Waals surface area contributed by atoms with Crippen molar-refractivity contribution in [3.63, 3.8) is 0 Å². The molecule has 1 saturated heterocycles. The number of carbonyl (C=O) groups is 1. The minimum absolute atomic E-state index is 0.00621. The van der Waals surface area contributed by atoms with Crippen LogP contribution < -0.4 is 10.0 Å². The van der Waals surface area contributed by atoms with Gasteiger partial charge < -0.3 is 5.32 Å². The second kappa shape index (κ2) is 10.1. The molecule has 1 aliphatic heterocycles. The lowest BCUT2D eigenvalue weighted by molar-refractivity contribution is -0.126. The van der Waals surface area contributed by atoms with Crippen LogP contribution in [0.1, 0.15) is 18.4 Å². The van der Waals surface area contributed by atoms with Gasteiger partial charge in [0.1, 0.15) is 5.82 Å². The first-order valence-electron chi connectivity index (χ1n) is 10.2. The van der Waals surface area contributed by atoms with Crippen molar-refractivity contribution in [2.75, 3.05) is 26.2 Å². The van der Waals surface area contributed by atoms with Gasteiger partial charge >= 0.3 is 0 Å². The third kappa shape index (κ3) is 5.91. The lowest BCUT2D eigenvalue weighted by Crippen LogP contribution is -2.46. The summed E-state index contributed by atoms with van der Waals surface area (Å²) in [6, 6.07) is 11.0. The molecule has 1 aliphatic rings. The number of piperidine rings is 1. The quantitative estimate of drug-likeness (QED) is 0.554. The van der Waals surface area contributed by atoms with E-state index in [1.807, 2.05) is 6.92 Å². The third-order valence-corrected chi connectivity index (χ3v) is 8.61. The minimum Gasteiger partial charge on any atom is -0.355 e. The van der Waals surface area contributed by atoms with E-state index in [0.29, 0.717) is 12.8 Å². The number of amides is 1. The van der Waals surface area contributed by atoms with Gasteiger partial charge in [0.2, 0.25) is 26.0 Å². The number of rotatable bonds is 8. The monoisotopic (exact) mass is 483 g/mol. The molecule has 11 heteroatoms. The van der Waals surface area contributed by atoms with Crippen LogP contribution in [0.3, 0.4) is 0 Å². The highest BCUT2D eigenvalue weighted by molar-refractivity contribution is 7.89. The van der Waals surface area contributed by atoms with E-state index in [2.05, 4.69) is 10.0 Å². The van der Waals surface area contributed by atoms with E-state index in [1.165, 1.54) is 28.6 Å². The zero-order valence-corrected chi connectivity index (χ0v) is 19.3. The Balaban J connectivity index is 1.52. The molecular weight excluding hydrogens is 457 g/mol. The number of hydrogen-bond donors (Lipinski definition) is 2. The van der Waals surface area contributed by atoms with Crippen LogP contribution in [0.4, 0.5) is 4.39 Å². The van der Waals surface area contributed by atoms with Crippen molar-refractivity contribution >= 4 is 26.0 Å². The summed E-state index contributed by atoms with van der Waals surface area (Å²) in [5, 5.41) is 2.67.